The molecule has 0 amide bonds. The molecule has 0 saturated heterocycles. The number of hydrogen-bond acceptors (Lipinski definition) is 2. The first kappa shape index (κ1) is 46.7. The molecule has 0 saturated carbocycles. The lowest BCUT2D eigenvalue weighted by Gasteiger charge is -2.30. The number of aromatic nitrogens is 4. The van der Waals surface area contributed by atoms with Crippen molar-refractivity contribution in [3.8, 4) is 44.3 Å². The molecule has 366 valence electrons. The Morgan fingerprint density at radius 2 is 1.00 bits per heavy atom. The Hall–Kier alpha value is -9.10. The molecule has 5 heterocycles. The Morgan fingerprint density at radius 3 is 1.62 bits per heavy atom. The van der Waals surface area contributed by atoms with Gasteiger partial charge in [0, 0.05) is 84.0 Å². The zero-order valence-electron chi connectivity index (χ0n) is 43.7. The summed E-state index contributed by atoms with van der Waals surface area (Å²) in [4.78, 5) is 4.98. The SMILES string of the molecule is C/C(=C\c1sc(-c2ccc3c(c2)c2cc4c5ccccc5n(-c5ccccc5)c4cc2n3-c2ccccc2)cc1C)c1cccc(N(c2cccc(-c3cccc[n+]3C)c2C)c2cccc(-c3cccc[n+]3C)c2C)c1. The molecule has 6 heteroatoms. The van der Waals surface area contributed by atoms with Crippen molar-refractivity contribution in [2.45, 2.75) is 27.7 Å². The van der Waals surface area contributed by atoms with Gasteiger partial charge in [-0.2, -0.15) is 0 Å². The standard InChI is InChI=1S/C70H57N5S/c1-46(50-22-19-27-54(42-50)75(61-34-20-29-55(48(61)3)63-31-15-17-38-71(63)5)62-35-21-30-56(49(62)4)64-32-16-18-39-72(64)6)40-69-47(2)41-70(76-69)51-36-37-66-58(43-51)60-44-59-57-28-13-14-33-65(57)73(52-23-9-7-10-24-52)67(59)45-68(60)74(66)53-25-11-8-12-26-53/h7-45H,1-6H3/q+2/b46-40+. The van der Waals surface area contributed by atoms with Gasteiger partial charge in [-0.15, -0.1) is 11.3 Å². The fourth-order valence-electron chi connectivity index (χ4n) is 11.6. The van der Waals surface area contributed by atoms with Crippen LogP contribution >= 0.6 is 11.3 Å². The van der Waals surface area contributed by atoms with Crippen molar-refractivity contribution in [3.05, 3.63) is 258 Å². The number of allylic oxidation sites excluding steroid dienone is 1. The minimum absolute atomic E-state index is 1.11. The van der Waals surface area contributed by atoms with Crippen molar-refractivity contribution in [2.24, 2.45) is 14.1 Å². The largest absolute Gasteiger partial charge is 0.310 e. The average molecular weight is 1000 g/mol. The topological polar surface area (TPSA) is 20.9 Å². The van der Waals surface area contributed by atoms with Gasteiger partial charge in [0.2, 0.25) is 11.4 Å². The summed E-state index contributed by atoms with van der Waals surface area (Å²) < 4.78 is 9.27. The minimum Gasteiger partial charge on any atom is -0.310 e. The van der Waals surface area contributed by atoms with Crippen LogP contribution < -0.4 is 14.0 Å². The van der Waals surface area contributed by atoms with E-state index in [9.17, 15) is 0 Å². The predicted octanol–water partition coefficient (Wildman–Crippen LogP) is 17.5. The van der Waals surface area contributed by atoms with E-state index in [4.69, 9.17) is 0 Å². The van der Waals surface area contributed by atoms with Gasteiger partial charge >= 0.3 is 0 Å². The number of thiophene rings is 1. The Balaban J connectivity index is 0.912. The van der Waals surface area contributed by atoms with Crippen LogP contribution in [0.4, 0.5) is 17.1 Å². The van der Waals surface area contributed by atoms with Crippen LogP contribution in [0.2, 0.25) is 0 Å². The van der Waals surface area contributed by atoms with Crippen LogP contribution in [0.5, 0.6) is 0 Å². The maximum Gasteiger partial charge on any atom is 0.212 e. The van der Waals surface area contributed by atoms with Crippen LogP contribution in [0.25, 0.3) is 99.6 Å². The highest BCUT2D eigenvalue weighted by atomic mass is 32.1. The molecular weight excluding hydrogens is 943 g/mol. The molecule has 5 nitrogen and oxygen atoms in total. The molecule has 0 aliphatic rings. The van der Waals surface area contributed by atoms with Gasteiger partial charge in [0.1, 0.15) is 14.1 Å². The van der Waals surface area contributed by atoms with Gasteiger partial charge in [0.25, 0.3) is 0 Å². The molecule has 0 atom stereocenters. The van der Waals surface area contributed by atoms with Crippen molar-refractivity contribution < 1.29 is 9.13 Å². The Bertz CT molecular complexity index is 4330. The summed E-state index contributed by atoms with van der Waals surface area (Å²) in [7, 11) is 4.24. The highest BCUT2D eigenvalue weighted by Gasteiger charge is 2.25. The van der Waals surface area contributed by atoms with Crippen molar-refractivity contribution in [2.75, 3.05) is 4.90 Å². The Kier molecular flexibility index (Phi) is 11.7. The van der Waals surface area contributed by atoms with E-state index in [0.29, 0.717) is 0 Å². The fourth-order valence-corrected chi connectivity index (χ4v) is 12.8. The second-order valence-electron chi connectivity index (χ2n) is 20.1. The molecule has 0 radical (unpaired) electrons. The lowest BCUT2D eigenvalue weighted by atomic mass is 9.97. The summed E-state index contributed by atoms with van der Waals surface area (Å²) >= 11 is 1.87. The third-order valence-electron chi connectivity index (χ3n) is 15.5. The van der Waals surface area contributed by atoms with Crippen LogP contribution in [-0.2, 0) is 14.1 Å². The van der Waals surface area contributed by atoms with Crippen molar-refractivity contribution in [1.82, 2.24) is 9.13 Å². The highest BCUT2D eigenvalue weighted by molar-refractivity contribution is 7.16. The van der Waals surface area contributed by atoms with Crippen molar-refractivity contribution in [1.29, 1.82) is 0 Å². The first-order valence-corrected chi connectivity index (χ1v) is 26.9. The number of aryl methyl sites for hydroxylation is 3. The van der Waals surface area contributed by atoms with Gasteiger partial charge in [0.15, 0.2) is 12.4 Å². The second kappa shape index (κ2) is 19.0. The van der Waals surface area contributed by atoms with Crippen molar-refractivity contribution >= 4 is 83.7 Å². The molecule has 0 unspecified atom stereocenters. The van der Waals surface area contributed by atoms with Gasteiger partial charge < -0.3 is 14.0 Å². The molecule has 0 spiro atoms. The summed E-state index contributed by atoms with van der Waals surface area (Å²) in [5, 5.41) is 4.99. The predicted molar refractivity (Wildman–Crippen MR) is 321 cm³/mol. The lowest BCUT2D eigenvalue weighted by Crippen LogP contribution is -2.30. The first-order chi connectivity index (χ1) is 37.2. The quantitative estimate of drug-likeness (QED) is 0.125. The number of anilines is 3. The van der Waals surface area contributed by atoms with E-state index in [1.54, 1.807) is 0 Å². The number of benzene rings is 8. The molecule has 8 aromatic carbocycles. The van der Waals surface area contributed by atoms with Crippen molar-refractivity contribution in [3.63, 3.8) is 0 Å². The molecule has 5 aromatic heterocycles. The average Bonchev–Trinajstić information content (AvgIpc) is 4.13. The number of para-hydroxylation sites is 3. The summed E-state index contributed by atoms with van der Waals surface area (Å²) in [5.41, 5.74) is 22.5. The van der Waals surface area contributed by atoms with Gasteiger partial charge in [0.05, 0.1) is 33.2 Å². The number of fused-ring (bicyclic) bond motifs is 6. The summed E-state index contributed by atoms with van der Waals surface area (Å²) in [6.45, 7) is 9.03. The number of rotatable bonds is 10. The van der Waals surface area contributed by atoms with E-state index in [1.165, 1.54) is 109 Å². The number of hydrogen-bond donors (Lipinski definition) is 0. The summed E-state index contributed by atoms with van der Waals surface area (Å²) in [6, 6.07) is 80.0. The van der Waals surface area contributed by atoms with E-state index in [-0.39, 0.29) is 0 Å². The van der Waals surface area contributed by atoms with Gasteiger partial charge in [-0.25, -0.2) is 9.13 Å². The van der Waals surface area contributed by atoms with E-state index in [1.807, 2.05) is 11.3 Å². The third-order valence-corrected chi connectivity index (χ3v) is 16.7. The van der Waals surface area contributed by atoms with E-state index in [0.717, 1.165) is 28.4 Å². The lowest BCUT2D eigenvalue weighted by molar-refractivity contribution is -0.660. The van der Waals surface area contributed by atoms with Gasteiger partial charge in [-0.05, 0) is 176 Å². The fraction of sp³-hybridized carbons (Fsp3) is 0.0857. The van der Waals surface area contributed by atoms with Crippen LogP contribution in [0.1, 0.15) is 34.1 Å². The molecule has 0 bridgehead atoms. The van der Waals surface area contributed by atoms with Gasteiger partial charge in [-0.1, -0.05) is 84.9 Å². The molecule has 0 aliphatic heterocycles. The molecule has 13 rings (SSSR count). The first-order valence-electron chi connectivity index (χ1n) is 26.1. The molecule has 0 N–H and O–H groups in total. The van der Waals surface area contributed by atoms with Crippen LogP contribution in [-0.4, -0.2) is 9.13 Å². The van der Waals surface area contributed by atoms with Gasteiger partial charge in [-0.3, -0.25) is 0 Å². The summed E-state index contributed by atoms with van der Waals surface area (Å²) in [6.07, 6.45) is 6.63. The number of pyridine rings is 2. The van der Waals surface area contributed by atoms with Crippen LogP contribution in [0.15, 0.2) is 231 Å². The smallest absolute Gasteiger partial charge is 0.212 e. The molecular formula is C70H57N5S+2. The van der Waals surface area contributed by atoms with Crippen LogP contribution in [0.3, 0.4) is 0 Å². The normalized spacial score (nSPS) is 11.9. The minimum atomic E-state index is 1.11. The molecule has 76 heavy (non-hydrogen) atoms. The van der Waals surface area contributed by atoms with E-state index in [2.05, 4.69) is 302 Å². The maximum atomic E-state index is 2.46. The Morgan fingerprint density at radius 1 is 0.461 bits per heavy atom. The monoisotopic (exact) mass is 999 g/mol. The highest BCUT2D eigenvalue weighted by Crippen LogP contribution is 2.45. The zero-order chi connectivity index (χ0) is 51.6. The van der Waals surface area contributed by atoms with E-state index < -0.39 is 0 Å². The zero-order valence-corrected chi connectivity index (χ0v) is 44.5. The molecule has 0 fully saturated rings. The van der Waals surface area contributed by atoms with Crippen LogP contribution in [0, 0.1) is 20.8 Å². The third kappa shape index (κ3) is 7.92. The Labute approximate surface area is 448 Å². The van der Waals surface area contributed by atoms with E-state index >= 15 is 0 Å². The second-order valence-corrected chi connectivity index (χ2v) is 21.2. The number of nitrogens with zero attached hydrogens (tertiary/aromatic N) is 5. The molecule has 0 aliphatic carbocycles. The summed E-state index contributed by atoms with van der Waals surface area (Å²) in [5.74, 6) is 0. The maximum absolute atomic E-state index is 2.46. The molecule has 13 aromatic rings.